The van der Waals surface area contributed by atoms with Crippen molar-refractivity contribution in [2.75, 3.05) is 5.32 Å². The standard InChI is InChI=1S/C24H21N3OS/c28-23(12-6-13-24-27-21-10-1-2-11-22(21)29-24)26-20-9-5-7-18(17-20)14-15-19-8-3-4-16-25-19/h1-5,7-11,14-17H,6,12-13H2,(H,26,28). The first-order valence-corrected chi connectivity index (χ1v) is 10.4. The van der Waals surface area contributed by atoms with E-state index in [4.69, 9.17) is 0 Å². The molecule has 2 aromatic heterocycles. The van der Waals surface area contributed by atoms with Crippen molar-refractivity contribution in [2.45, 2.75) is 19.3 Å². The van der Waals surface area contributed by atoms with Gasteiger partial charge < -0.3 is 5.32 Å². The summed E-state index contributed by atoms with van der Waals surface area (Å²) in [4.78, 5) is 21.2. The van der Waals surface area contributed by atoms with Gasteiger partial charge in [-0.3, -0.25) is 9.78 Å². The van der Waals surface area contributed by atoms with E-state index in [1.54, 1.807) is 17.5 Å². The third-order valence-corrected chi connectivity index (χ3v) is 5.53. The number of nitrogens with zero attached hydrogens (tertiary/aromatic N) is 2. The van der Waals surface area contributed by atoms with Gasteiger partial charge in [-0.05, 0) is 60.9 Å². The molecular weight excluding hydrogens is 378 g/mol. The summed E-state index contributed by atoms with van der Waals surface area (Å²) in [5, 5.41) is 4.07. The number of amides is 1. The van der Waals surface area contributed by atoms with Crippen LogP contribution in [0.2, 0.25) is 0 Å². The number of nitrogens with one attached hydrogen (secondary N) is 1. The molecule has 0 bridgehead atoms. The van der Waals surface area contributed by atoms with E-state index in [2.05, 4.69) is 21.4 Å². The lowest BCUT2D eigenvalue weighted by atomic mass is 10.1. The van der Waals surface area contributed by atoms with Crippen LogP contribution in [-0.4, -0.2) is 15.9 Å². The minimum atomic E-state index is 0.0250. The van der Waals surface area contributed by atoms with E-state index >= 15 is 0 Å². The maximum Gasteiger partial charge on any atom is 0.224 e. The highest BCUT2D eigenvalue weighted by Gasteiger charge is 2.06. The Hall–Kier alpha value is -3.31. The summed E-state index contributed by atoms with van der Waals surface area (Å²) in [6.45, 7) is 0. The van der Waals surface area contributed by atoms with Crippen LogP contribution < -0.4 is 5.32 Å². The summed E-state index contributed by atoms with van der Waals surface area (Å²) < 4.78 is 1.20. The number of aromatic nitrogens is 2. The van der Waals surface area contributed by atoms with Gasteiger partial charge in [0.05, 0.1) is 20.9 Å². The number of hydrogen-bond acceptors (Lipinski definition) is 4. The molecule has 4 aromatic rings. The van der Waals surface area contributed by atoms with Gasteiger partial charge in [0.15, 0.2) is 0 Å². The Kier molecular flexibility index (Phi) is 6.07. The van der Waals surface area contributed by atoms with E-state index in [9.17, 15) is 4.79 Å². The highest BCUT2D eigenvalue weighted by atomic mass is 32.1. The lowest BCUT2D eigenvalue weighted by Gasteiger charge is -2.06. The number of anilines is 1. The first-order chi connectivity index (χ1) is 14.3. The number of fused-ring (bicyclic) bond motifs is 1. The van der Waals surface area contributed by atoms with Crippen LogP contribution in [0.4, 0.5) is 5.69 Å². The molecule has 1 amide bonds. The van der Waals surface area contributed by atoms with Crippen LogP contribution in [0, 0.1) is 0 Å². The molecule has 0 atom stereocenters. The van der Waals surface area contributed by atoms with Crippen molar-refractivity contribution in [3.8, 4) is 0 Å². The van der Waals surface area contributed by atoms with E-state index in [0.29, 0.717) is 6.42 Å². The van der Waals surface area contributed by atoms with Gasteiger partial charge in [0.1, 0.15) is 0 Å². The summed E-state index contributed by atoms with van der Waals surface area (Å²) in [5.41, 5.74) is 3.75. The summed E-state index contributed by atoms with van der Waals surface area (Å²) in [5.74, 6) is 0.0250. The van der Waals surface area contributed by atoms with Crippen LogP contribution in [0.3, 0.4) is 0 Å². The van der Waals surface area contributed by atoms with Crippen molar-refractivity contribution in [1.29, 1.82) is 0 Å². The zero-order chi connectivity index (χ0) is 19.9. The third kappa shape index (κ3) is 5.36. The highest BCUT2D eigenvalue weighted by molar-refractivity contribution is 7.18. The number of para-hydroxylation sites is 1. The quantitative estimate of drug-likeness (QED) is 0.426. The van der Waals surface area contributed by atoms with Gasteiger partial charge in [0, 0.05) is 18.3 Å². The number of benzene rings is 2. The molecule has 0 fully saturated rings. The molecule has 1 N–H and O–H groups in total. The fourth-order valence-electron chi connectivity index (χ4n) is 3.03. The summed E-state index contributed by atoms with van der Waals surface area (Å²) in [7, 11) is 0. The van der Waals surface area contributed by atoms with Crippen LogP contribution in [0.5, 0.6) is 0 Å². The zero-order valence-corrected chi connectivity index (χ0v) is 16.7. The van der Waals surface area contributed by atoms with Crippen LogP contribution in [-0.2, 0) is 11.2 Å². The average molecular weight is 400 g/mol. The van der Waals surface area contributed by atoms with Crippen LogP contribution in [0.15, 0.2) is 72.9 Å². The second kappa shape index (κ2) is 9.26. The number of carbonyl (C=O) groups excluding carboxylic acids is 1. The van der Waals surface area contributed by atoms with Gasteiger partial charge in [-0.15, -0.1) is 11.3 Å². The van der Waals surface area contributed by atoms with Crippen LogP contribution in [0.25, 0.3) is 22.4 Å². The molecule has 0 unspecified atom stereocenters. The first kappa shape index (κ1) is 19.0. The lowest BCUT2D eigenvalue weighted by molar-refractivity contribution is -0.116. The van der Waals surface area contributed by atoms with Gasteiger partial charge in [0.2, 0.25) is 5.91 Å². The van der Waals surface area contributed by atoms with Gasteiger partial charge in [-0.25, -0.2) is 4.98 Å². The van der Waals surface area contributed by atoms with Gasteiger partial charge in [0.25, 0.3) is 0 Å². The van der Waals surface area contributed by atoms with Crippen molar-refractivity contribution >= 4 is 45.3 Å². The monoisotopic (exact) mass is 399 g/mol. The van der Waals surface area contributed by atoms with E-state index in [1.807, 2.05) is 72.8 Å². The van der Waals surface area contributed by atoms with E-state index < -0.39 is 0 Å². The van der Waals surface area contributed by atoms with E-state index in [1.165, 1.54) is 4.70 Å². The SMILES string of the molecule is O=C(CCCc1nc2ccccc2s1)Nc1cccc(C=Cc2ccccn2)c1. The molecular formula is C24H21N3OS. The minimum absolute atomic E-state index is 0.0250. The molecule has 5 heteroatoms. The number of pyridine rings is 1. The highest BCUT2D eigenvalue weighted by Crippen LogP contribution is 2.23. The summed E-state index contributed by atoms with van der Waals surface area (Å²) >= 11 is 1.70. The van der Waals surface area contributed by atoms with Gasteiger partial charge >= 0.3 is 0 Å². The maximum absolute atomic E-state index is 12.3. The van der Waals surface area contributed by atoms with Crippen molar-refractivity contribution in [1.82, 2.24) is 9.97 Å². The molecule has 2 aromatic carbocycles. The molecule has 0 aliphatic heterocycles. The van der Waals surface area contributed by atoms with Gasteiger partial charge in [-0.1, -0.05) is 36.4 Å². The normalized spacial score (nSPS) is 11.2. The minimum Gasteiger partial charge on any atom is -0.326 e. The largest absolute Gasteiger partial charge is 0.326 e. The van der Waals surface area contributed by atoms with Gasteiger partial charge in [-0.2, -0.15) is 0 Å². The Morgan fingerprint density at radius 1 is 1.00 bits per heavy atom. The maximum atomic E-state index is 12.3. The molecule has 0 spiro atoms. The smallest absolute Gasteiger partial charge is 0.224 e. The Morgan fingerprint density at radius 3 is 2.76 bits per heavy atom. The number of carbonyl (C=O) groups is 1. The number of aryl methyl sites for hydroxylation is 1. The fraction of sp³-hybridized carbons (Fsp3) is 0.125. The van der Waals surface area contributed by atoms with Crippen LogP contribution in [0.1, 0.15) is 29.1 Å². The third-order valence-electron chi connectivity index (χ3n) is 4.44. The predicted octanol–water partition coefficient (Wildman–Crippen LogP) is 5.82. The van der Waals surface area contributed by atoms with Crippen LogP contribution >= 0.6 is 11.3 Å². The van der Waals surface area contributed by atoms with Crippen molar-refractivity contribution < 1.29 is 4.79 Å². The van der Waals surface area contributed by atoms with Crippen molar-refractivity contribution in [2.24, 2.45) is 0 Å². The topological polar surface area (TPSA) is 54.9 Å². The Balaban J connectivity index is 1.29. The number of hydrogen-bond donors (Lipinski definition) is 1. The zero-order valence-electron chi connectivity index (χ0n) is 15.9. The number of rotatable bonds is 7. The summed E-state index contributed by atoms with van der Waals surface area (Å²) in [6.07, 6.45) is 7.79. The molecule has 0 aliphatic carbocycles. The predicted molar refractivity (Wildman–Crippen MR) is 121 cm³/mol. The average Bonchev–Trinajstić information content (AvgIpc) is 3.16. The molecule has 0 saturated carbocycles. The number of thiazole rings is 1. The second-order valence-corrected chi connectivity index (χ2v) is 7.81. The molecule has 4 rings (SSSR count). The molecule has 0 aliphatic rings. The Bertz CT molecular complexity index is 1100. The Morgan fingerprint density at radius 2 is 1.90 bits per heavy atom. The lowest BCUT2D eigenvalue weighted by Crippen LogP contribution is -2.11. The second-order valence-electron chi connectivity index (χ2n) is 6.69. The van der Waals surface area contributed by atoms with Crippen molar-refractivity contribution in [3.05, 3.63) is 89.2 Å². The molecule has 144 valence electrons. The fourth-order valence-corrected chi connectivity index (χ4v) is 4.04. The molecule has 2 heterocycles. The molecule has 4 nitrogen and oxygen atoms in total. The molecule has 0 radical (unpaired) electrons. The van der Waals surface area contributed by atoms with Crippen molar-refractivity contribution in [3.63, 3.8) is 0 Å². The summed E-state index contributed by atoms with van der Waals surface area (Å²) in [6, 6.07) is 21.7. The molecule has 0 saturated heterocycles. The van der Waals surface area contributed by atoms with E-state index in [-0.39, 0.29) is 5.91 Å². The molecule has 29 heavy (non-hydrogen) atoms. The first-order valence-electron chi connectivity index (χ1n) is 9.60. The van der Waals surface area contributed by atoms with E-state index in [0.717, 1.165) is 40.3 Å². The Labute approximate surface area is 174 Å².